The van der Waals surface area contributed by atoms with Gasteiger partial charge in [-0.2, -0.15) is 0 Å². The van der Waals surface area contributed by atoms with E-state index in [0.717, 1.165) is 17.7 Å². The maximum absolute atomic E-state index is 13.8. The van der Waals surface area contributed by atoms with Crippen LogP contribution < -0.4 is 15.4 Å². The normalized spacial score (nSPS) is 11.5. The number of rotatable bonds is 6. The average Bonchev–Trinajstić information content (AvgIpc) is 2.76. The third-order valence-corrected chi connectivity index (χ3v) is 6.06. The number of halogens is 1. The van der Waals surface area contributed by atoms with E-state index < -0.39 is 33.4 Å². The molecule has 0 aliphatic rings. The van der Waals surface area contributed by atoms with Crippen molar-refractivity contribution in [1.29, 1.82) is 0 Å². The molecule has 35 heavy (non-hydrogen) atoms. The summed E-state index contributed by atoms with van der Waals surface area (Å²) in [5, 5.41) is 5.00. The number of hydrogen-bond acceptors (Lipinski definition) is 5. The lowest BCUT2D eigenvalue weighted by Crippen LogP contribution is -2.27. The summed E-state index contributed by atoms with van der Waals surface area (Å²) in [5.41, 5.74) is 0.745. The molecule has 0 radical (unpaired) electrons. The van der Waals surface area contributed by atoms with E-state index in [1.165, 1.54) is 30.3 Å². The van der Waals surface area contributed by atoms with Gasteiger partial charge in [-0.05, 0) is 81.8 Å². The first kappa shape index (κ1) is 25.7. The molecule has 0 bridgehead atoms. The molecule has 0 aliphatic carbocycles. The molecular formula is C25H26FN3O5S. The van der Waals surface area contributed by atoms with Gasteiger partial charge in [0.2, 0.25) is 0 Å². The van der Waals surface area contributed by atoms with Gasteiger partial charge in [0.1, 0.15) is 11.4 Å². The molecule has 8 nitrogen and oxygen atoms in total. The summed E-state index contributed by atoms with van der Waals surface area (Å²) in [6.07, 6.45) is -0.768. The Labute approximate surface area is 203 Å². The molecule has 10 heteroatoms. The second-order valence-electron chi connectivity index (χ2n) is 8.72. The van der Waals surface area contributed by atoms with Crippen LogP contribution in [-0.4, -0.2) is 26.0 Å². The Bertz CT molecular complexity index is 1350. The van der Waals surface area contributed by atoms with E-state index in [0.29, 0.717) is 5.69 Å². The largest absolute Gasteiger partial charge is 0.444 e. The smallest absolute Gasteiger partial charge is 0.412 e. The van der Waals surface area contributed by atoms with Crippen molar-refractivity contribution in [3.05, 3.63) is 83.7 Å². The van der Waals surface area contributed by atoms with E-state index in [1.54, 1.807) is 52.0 Å². The van der Waals surface area contributed by atoms with Gasteiger partial charge < -0.3 is 10.1 Å². The van der Waals surface area contributed by atoms with Crippen molar-refractivity contribution >= 4 is 39.1 Å². The standard InChI is InChI=1S/C25H26FN3O5S/c1-16-7-5-6-8-20(16)29-35(32,33)19-12-9-17(10-13-19)23(30)27-22-15-18(26)11-14-21(22)28-24(31)34-25(2,3)4/h5-15,29H,1-4H3,(H,27,30)(H,28,31). The zero-order valence-electron chi connectivity index (χ0n) is 19.7. The third-order valence-electron chi connectivity index (χ3n) is 4.68. The minimum atomic E-state index is -3.87. The summed E-state index contributed by atoms with van der Waals surface area (Å²) in [5.74, 6) is -1.25. The van der Waals surface area contributed by atoms with Gasteiger partial charge >= 0.3 is 6.09 Å². The number of hydrogen-bond donors (Lipinski definition) is 3. The first-order chi connectivity index (χ1) is 16.3. The monoisotopic (exact) mass is 499 g/mol. The molecule has 3 aromatic carbocycles. The molecule has 0 unspecified atom stereocenters. The second kappa shape index (κ2) is 10.1. The Morgan fingerprint density at radius 2 is 1.51 bits per heavy atom. The predicted molar refractivity (Wildman–Crippen MR) is 133 cm³/mol. The van der Waals surface area contributed by atoms with E-state index >= 15 is 0 Å². The van der Waals surface area contributed by atoms with Gasteiger partial charge in [-0.3, -0.25) is 14.8 Å². The van der Waals surface area contributed by atoms with Crippen LogP contribution in [0.4, 0.5) is 26.2 Å². The van der Waals surface area contributed by atoms with Gasteiger partial charge in [0.05, 0.1) is 22.0 Å². The third kappa shape index (κ3) is 7.03. The lowest BCUT2D eigenvalue weighted by Gasteiger charge is -2.20. The number of ether oxygens (including phenoxy) is 1. The van der Waals surface area contributed by atoms with Crippen molar-refractivity contribution in [2.75, 3.05) is 15.4 Å². The molecule has 0 aliphatic heterocycles. The number of nitrogens with one attached hydrogen (secondary N) is 3. The molecule has 0 saturated heterocycles. The van der Waals surface area contributed by atoms with Gasteiger partial charge in [-0.1, -0.05) is 18.2 Å². The van der Waals surface area contributed by atoms with Gasteiger partial charge in [0, 0.05) is 5.56 Å². The molecule has 2 amide bonds. The fraction of sp³-hybridized carbons (Fsp3) is 0.200. The molecule has 3 N–H and O–H groups in total. The topological polar surface area (TPSA) is 114 Å². The second-order valence-corrected chi connectivity index (χ2v) is 10.4. The molecule has 3 aromatic rings. The lowest BCUT2D eigenvalue weighted by molar-refractivity contribution is 0.0635. The Morgan fingerprint density at radius 1 is 0.857 bits per heavy atom. The summed E-state index contributed by atoms with van der Waals surface area (Å²) in [4.78, 5) is 24.8. The Hall–Kier alpha value is -3.92. The Balaban J connectivity index is 1.76. The van der Waals surface area contributed by atoms with Crippen molar-refractivity contribution in [3.63, 3.8) is 0 Å². The van der Waals surface area contributed by atoms with E-state index in [4.69, 9.17) is 4.74 Å². The minimum absolute atomic E-state index is 0.0128. The number of amides is 2. The zero-order valence-corrected chi connectivity index (χ0v) is 20.5. The van der Waals surface area contributed by atoms with Crippen LogP contribution in [0.2, 0.25) is 0 Å². The molecule has 0 aromatic heterocycles. The van der Waals surface area contributed by atoms with Crippen molar-refractivity contribution in [2.24, 2.45) is 0 Å². The SMILES string of the molecule is Cc1ccccc1NS(=O)(=O)c1ccc(C(=O)Nc2cc(F)ccc2NC(=O)OC(C)(C)C)cc1. The number of aryl methyl sites for hydroxylation is 1. The van der Waals surface area contributed by atoms with Crippen molar-refractivity contribution < 1.29 is 27.1 Å². The summed E-state index contributed by atoms with van der Waals surface area (Å²) < 4.78 is 46.9. The van der Waals surface area contributed by atoms with Crippen molar-refractivity contribution in [3.8, 4) is 0 Å². The van der Waals surface area contributed by atoms with E-state index in [9.17, 15) is 22.4 Å². The fourth-order valence-electron chi connectivity index (χ4n) is 3.01. The molecule has 0 spiro atoms. The Morgan fingerprint density at radius 3 is 2.14 bits per heavy atom. The molecule has 0 saturated carbocycles. The number of carbonyl (C=O) groups is 2. The molecule has 0 fully saturated rings. The summed E-state index contributed by atoms with van der Waals surface area (Å²) in [6, 6.07) is 15.7. The van der Waals surface area contributed by atoms with Crippen LogP contribution in [-0.2, 0) is 14.8 Å². The number of carbonyl (C=O) groups excluding carboxylic acids is 2. The van der Waals surface area contributed by atoms with E-state index in [-0.39, 0.29) is 21.8 Å². The maximum Gasteiger partial charge on any atom is 0.412 e. The van der Waals surface area contributed by atoms with Crippen molar-refractivity contribution in [2.45, 2.75) is 38.2 Å². The zero-order chi connectivity index (χ0) is 25.8. The number of anilines is 3. The molecular weight excluding hydrogens is 473 g/mol. The van der Waals surface area contributed by atoms with Crippen LogP contribution >= 0.6 is 0 Å². The van der Waals surface area contributed by atoms with Crippen LogP contribution in [0.5, 0.6) is 0 Å². The maximum atomic E-state index is 13.8. The van der Waals surface area contributed by atoms with Crippen LogP contribution in [0, 0.1) is 12.7 Å². The fourth-order valence-corrected chi connectivity index (χ4v) is 4.14. The van der Waals surface area contributed by atoms with Gasteiger partial charge in [-0.25, -0.2) is 17.6 Å². The molecule has 3 rings (SSSR count). The Kier molecular flexibility index (Phi) is 7.45. The highest BCUT2D eigenvalue weighted by Gasteiger charge is 2.19. The van der Waals surface area contributed by atoms with Gasteiger partial charge in [0.25, 0.3) is 15.9 Å². The first-order valence-electron chi connectivity index (χ1n) is 10.6. The minimum Gasteiger partial charge on any atom is -0.444 e. The summed E-state index contributed by atoms with van der Waals surface area (Å²) in [7, 11) is -3.87. The highest BCUT2D eigenvalue weighted by Crippen LogP contribution is 2.25. The highest BCUT2D eigenvalue weighted by atomic mass is 32.2. The summed E-state index contributed by atoms with van der Waals surface area (Å²) >= 11 is 0. The first-order valence-corrected chi connectivity index (χ1v) is 12.1. The number of benzene rings is 3. The van der Waals surface area contributed by atoms with Crippen LogP contribution in [0.3, 0.4) is 0 Å². The quantitative estimate of drug-likeness (QED) is 0.412. The van der Waals surface area contributed by atoms with Gasteiger partial charge in [-0.15, -0.1) is 0 Å². The summed E-state index contributed by atoms with van der Waals surface area (Å²) in [6.45, 7) is 6.87. The van der Waals surface area contributed by atoms with Gasteiger partial charge in [0.15, 0.2) is 0 Å². The predicted octanol–water partition coefficient (Wildman–Crippen LogP) is 5.53. The van der Waals surface area contributed by atoms with E-state index in [2.05, 4.69) is 15.4 Å². The highest BCUT2D eigenvalue weighted by molar-refractivity contribution is 7.92. The lowest BCUT2D eigenvalue weighted by atomic mass is 10.2. The van der Waals surface area contributed by atoms with Crippen LogP contribution in [0.25, 0.3) is 0 Å². The number of para-hydroxylation sites is 1. The molecule has 0 heterocycles. The number of sulfonamides is 1. The van der Waals surface area contributed by atoms with Crippen molar-refractivity contribution in [1.82, 2.24) is 0 Å². The molecule has 0 atom stereocenters. The van der Waals surface area contributed by atoms with E-state index in [1.807, 2.05) is 0 Å². The molecule has 184 valence electrons. The average molecular weight is 500 g/mol. The van der Waals surface area contributed by atoms with Crippen LogP contribution in [0.15, 0.2) is 71.6 Å². The van der Waals surface area contributed by atoms with Crippen LogP contribution in [0.1, 0.15) is 36.7 Å².